The second-order valence-electron chi connectivity index (χ2n) is 5.43. The molecule has 0 bridgehead atoms. The lowest BCUT2D eigenvalue weighted by molar-refractivity contribution is 0.0599. The molecule has 24 heavy (non-hydrogen) atoms. The van der Waals surface area contributed by atoms with Gasteiger partial charge < -0.3 is 9.30 Å². The Bertz CT molecular complexity index is 908. The predicted octanol–water partition coefficient (Wildman–Crippen LogP) is 1.98. The standard InChI is InChI=1S/C17H19NO5S/c1-4-5-12-10-15(18-8-6-13(19)7-9-18)16(24(3,21)22)11-14(12)17(20)23-2/h6-11H,4-5H2,1-3H3. The van der Waals surface area contributed by atoms with Crippen LogP contribution in [-0.4, -0.2) is 32.3 Å². The van der Waals surface area contributed by atoms with Crippen molar-refractivity contribution in [3.63, 3.8) is 0 Å². The molecule has 0 aliphatic carbocycles. The molecular weight excluding hydrogens is 330 g/mol. The molecule has 0 unspecified atom stereocenters. The van der Waals surface area contributed by atoms with Crippen molar-refractivity contribution < 1.29 is 17.9 Å². The Morgan fingerprint density at radius 2 is 1.83 bits per heavy atom. The minimum atomic E-state index is -3.59. The van der Waals surface area contributed by atoms with E-state index in [-0.39, 0.29) is 15.9 Å². The highest BCUT2D eigenvalue weighted by Crippen LogP contribution is 2.26. The van der Waals surface area contributed by atoms with Gasteiger partial charge in [-0.15, -0.1) is 0 Å². The molecule has 6 nitrogen and oxygen atoms in total. The van der Waals surface area contributed by atoms with Gasteiger partial charge in [-0.25, -0.2) is 13.2 Å². The third kappa shape index (κ3) is 3.73. The summed E-state index contributed by atoms with van der Waals surface area (Å²) in [4.78, 5) is 23.3. The number of hydrogen-bond acceptors (Lipinski definition) is 5. The number of rotatable bonds is 5. The van der Waals surface area contributed by atoms with Crippen molar-refractivity contribution in [2.75, 3.05) is 13.4 Å². The van der Waals surface area contributed by atoms with E-state index >= 15 is 0 Å². The highest BCUT2D eigenvalue weighted by molar-refractivity contribution is 7.90. The van der Waals surface area contributed by atoms with Crippen LogP contribution in [0.2, 0.25) is 0 Å². The number of nitrogens with zero attached hydrogens (tertiary/aromatic N) is 1. The quantitative estimate of drug-likeness (QED) is 0.771. The first-order valence-electron chi connectivity index (χ1n) is 7.42. The second kappa shape index (κ2) is 7.00. The molecule has 0 saturated carbocycles. The maximum absolute atomic E-state index is 12.2. The molecule has 0 aliphatic rings. The van der Waals surface area contributed by atoms with Gasteiger partial charge in [-0.1, -0.05) is 13.3 Å². The maximum atomic E-state index is 12.2. The van der Waals surface area contributed by atoms with E-state index in [9.17, 15) is 18.0 Å². The summed E-state index contributed by atoms with van der Waals surface area (Å²) >= 11 is 0. The summed E-state index contributed by atoms with van der Waals surface area (Å²) in [5.74, 6) is -0.574. The van der Waals surface area contributed by atoms with E-state index in [2.05, 4.69) is 0 Å². The molecule has 1 aromatic heterocycles. The summed E-state index contributed by atoms with van der Waals surface area (Å²) in [6.07, 6.45) is 5.46. The van der Waals surface area contributed by atoms with Gasteiger partial charge in [-0.2, -0.15) is 0 Å². The average molecular weight is 349 g/mol. The number of esters is 1. The van der Waals surface area contributed by atoms with Gasteiger partial charge in [0.1, 0.15) is 0 Å². The maximum Gasteiger partial charge on any atom is 0.338 e. The Balaban J connectivity index is 2.81. The third-order valence-electron chi connectivity index (χ3n) is 3.59. The van der Waals surface area contributed by atoms with Crippen LogP contribution in [0.15, 0.2) is 46.3 Å². The first-order valence-corrected chi connectivity index (χ1v) is 9.31. The first-order chi connectivity index (χ1) is 11.3. The van der Waals surface area contributed by atoms with Gasteiger partial charge in [-0.05, 0) is 24.1 Å². The molecule has 0 saturated heterocycles. The Kier molecular flexibility index (Phi) is 5.23. The Morgan fingerprint density at radius 1 is 1.21 bits per heavy atom. The minimum absolute atomic E-state index is 0.00593. The molecule has 7 heteroatoms. The van der Waals surface area contributed by atoms with Crippen molar-refractivity contribution in [1.82, 2.24) is 4.57 Å². The first kappa shape index (κ1) is 17.9. The fourth-order valence-corrected chi connectivity index (χ4v) is 3.34. The lowest BCUT2D eigenvalue weighted by Crippen LogP contribution is -2.13. The molecule has 0 spiro atoms. The number of sulfone groups is 1. The Hall–Kier alpha value is -2.41. The fraction of sp³-hybridized carbons (Fsp3) is 0.294. The van der Waals surface area contributed by atoms with Gasteiger partial charge in [0, 0.05) is 30.8 Å². The van der Waals surface area contributed by atoms with Crippen LogP contribution in [0.4, 0.5) is 0 Å². The number of aromatic nitrogens is 1. The van der Waals surface area contributed by atoms with Crippen LogP contribution in [0.25, 0.3) is 5.69 Å². The number of ether oxygens (including phenoxy) is 1. The monoisotopic (exact) mass is 349 g/mol. The summed E-state index contributed by atoms with van der Waals surface area (Å²) in [5, 5.41) is 0. The summed E-state index contributed by atoms with van der Waals surface area (Å²) in [7, 11) is -2.34. The average Bonchev–Trinajstić information content (AvgIpc) is 2.54. The SMILES string of the molecule is CCCc1cc(-n2ccc(=O)cc2)c(S(C)(=O)=O)cc1C(=O)OC. The van der Waals surface area contributed by atoms with E-state index in [0.29, 0.717) is 17.7 Å². The van der Waals surface area contributed by atoms with E-state index in [1.165, 1.54) is 37.7 Å². The van der Waals surface area contributed by atoms with E-state index in [0.717, 1.165) is 12.7 Å². The highest BCUT2D eigenvalue weighted by atomic mass is 32.2. The van der Waals surface area contributed by atoms with E-state index in [1.807, 2.05) is 6.92 Å². The van der Waals surface area contributed by atoms with Crippen LogP contribution >= 0.6 is 0 Å². The summed E-state index contributed by atoms with van der Waals surface area (Å²) in [5.41, 5.74) is 1.16. The highest BCUT2D eigenvalue weighted by Gasteiger charge is 2.21. The van der Waals surface area contributed by atoms with Gasteiger partial charge in [0.05, 0.1) is 23.3 Å². The molecule has 0 amide bonds. The van der Waals surface area contributed by atoms with Crippen molar-refractivity contribution in [2.24, 2.45) is 0 Å². The number of hydrogen-bond donors (Lipinski definition) is 0. The number of carbonyl (C=O) groups is 1. The molecule has 2 aromatic rings. The molecule has 0 N–H and O–H groups in total. The van der Waals surface area contributed by atoms with Gasteiger partial charge in [-0.3, -0.25) is 4.79 Å². The number of carbonyl (C=O) groups excluding carboxylic acids is 1. The van der Waals surface area contributed by atoms with Crippen molar-refractivity contribution in [3.05, 3.63) is 58.0 Å². The molecule has 1 heterocycles. The lowest BCUT2D eigenvalue weighted by atomic mass is 10.0. The number of benzene rings is 1. The summed E-state index contributed by atoms with van der Waals surface area (Å²) < 4.78 is 30.7. The minimum Gasteiger partial charge on any atom is -0.465 e. The molecule has 0 radical (unpaired) electrons. The number of pyridine rings is 1. The lowest BCUT2D eigenvalue weighted by Gasteiger charge is -2.16. The third-order valence-corrected chi connectivity index (χ3v) is 4.71. The van der Waals surface area contributed by atoms with Crippen LogP contribution in [0.1, 0.15) is 29.3 Å². The van der Waals surface area contributed by atoms with Crippen LogP contribution in [-0.2, 0) is 21.0 Å². The van der Waals surface area contributed by atoms with Crippen LogP contribution in [0.5, 0.6) is 0 Å². The van der Waals surface area contributed by atoms with Gasteiger partial charge in [0.25, 0.3) is 0 Å². The molecule has 1 aromatic carbocycles. The van der Waals surface area contributed by atoms with Crippen molar-refractivity contribution >= 4 is 15.8 Å². The van der Waals surface area contributed by atoms with E-state index in [4.69, 9.17) is 4.74 Å². The zero-order chi connectivity index (χ0) is 17.9. The largest absolute Gasteiger partial charge is 0.465 e. The van der Waals surface area contributed by atoms with Gasteiger partial charge in [0.15, 0.2) is 15.3 Å². The second-order valence-corrected chi connectivity index (χ2v) is 7.42. The molecule has 2 rings (SSSR count). The Labute approximate surface area is 140 Å². The Morgan fingerprint density at radius 3 is 2.33 bits per heavy atom. The molecule has 0 fully saturated rings. The van der Waals surface area contributed by atoms with E-state index in [1.54, 1.807) is 10.6 Å². The molecule has 0 atom stereocenters. The molecule has 0 aliphatic heterocycles. The van der Waals surface area contributed by atoms with Crippen molar-refractivity contribution in [1.29, 1.82) is 0 Å². The summed E-state index contributed by atoms with van der Waals surface area (Å²) in [6.45, 7) is 1.96. The van der Waals surface area contributed by atoms with Crippen LogP contribution in [0.3, 0.4) is 0 Å². The van der Waals surface area contributed by atoms with Gasteiger partial charge in [0.2, 0.25) is 0 Å². The fourth-order valence-electron chi connectivity index (χ4n) is 2.46. The predicted molar refractivity (Wildman–Crippen MR) is 90.5 cm³/mol. The van der Waals surface area contributed by atoms with E-state index < -0.39 is 15.8 Å². The van der Waals surface area contributed by atoms with Crippen molar-refractivity contribution in [3.8, 4) is 5.69 Å². The van der Waals surface area contributed by atoms with Crippen molar-refractivity contribution in [2.45, 2.75) is 24.7 Å². The zero-order valence-corrected chi connectivity index (χ0v) is 14.6. The normalized spacial score (nSPS) is 11.3. The zero-order valence-electron chi connectivity index (χ0n) is 13.8. The number of aryl methyl sites for hydroxylation is 1. The topological polar surface area (TPSA) is 82.4 Å². The summed E-state index contributed by atoms with van der Waals surface area (Å²) in [6, 6.07) is 5.70. The van der Waals surface area contributed by atoms with Crippen LogP contribution < -0.4 is 5.43 Å². The molecular formula is C17H19NO5S. The number of methoxy groups -OCH3 is 1. The smallest absolute Gasteiger partial charge is 0.338 e. The van der Waals surface area contributed by atoms with Gasteiger partial charge >= 0.3 is 5.97 Å². The molecule has 128 valence electrons. The van der Waals surface area contributed by atoms with Crippen LogP contribution in [0, 0.1) is 0 Å².